The summed E-state index contributed by atoms with van der Waals surface area (Å²) in [5.74, 6) is 1.22. The summed E-state index contributed by atoms with van der Waals surface area (Å²) < 4.78 is 10.9. The first-order valence-electron chi connectivity index (χ1n) is 6.98. The van der Waals surface area contributed by atoms with Gasteiger partial charge in [-0.05, 0) is 30.7 Å². The minimum absolute atomic E-state index is 0.0238. The van der Waals surface area contributed by atoms with E-state index in [-0.39, 0.29) is 12.5 Å². The second kappa shape index (κ2) is 7.94. The number of hydrogen-bond donors (Lipinski definition) is 1. The average molecular weight is 285 g/mol. The lowest BCUT2D eigenvalue weighted by molar-refractivity contribution is -0.118. The maximum Gasteiger partial charge on any atom is 0.262 e. The fourth-order valence-corrected chi connectivity index (χ4v) is 1.75. The molecule has 2 rings (SSSR count). The first-order valence-corrected chi connectivity index (χ1v) is 6.98. The van der Waals surface area contributed by atoms with Crippen LogP contribution in [0, 0.1) is 0 Å². The summed E-state index contributed by atoms with van der Waals surface area (Å²) in [4.78, 5) is 11.8. The van der Waals surface area contributed by atoms with Crippen molar-refractivity contribution in [2.45, 2.75) is 13.3 Å². The van der Waals surface area contributed by atoms with Crippen LogP contribution in [-0.4, -0.2) is 19.1 Å². The van der Waals surface area contributed by atoms with Crippen LogP contribution < -0.4 is 14.8 Å². The minimum Gasteiger partial charge on any atom is -0.494 e. The number of benzene rings is 2. The van der Waals surface area contributed by atoms with Crippen molar-refractivity contribution in [3.05, 3.63) is 54.6 Å². The Morgan fingerprint density at radius 3 is 2.52 bits per heavy atom. The molecule has 0 unspecified atom stereocenters. The molecule has 0 radical (unpaired) electrons. The van der Waals surface area contributed by atoms with Crippen molar-refractivity contribution in [3.63, 3.8) is 0 Å². The molecule has 0 aliphatic rings. The zero-order valence-electron chi connectivity index (χ0n) is 12.0. The van der Waals surface area contributed by atoms with Crippen LogP contribution in [0.3, 0.4) is 0 Å². The summed E-state index contributed by atoms with van der Waals surface area (Å²) in [5.41, 5.74) is 0.699. The molecule has 0 bridgehead atoms. The van der Waals surface area contributed by atoms with E-state index >= 15 is 0 Å². The molecule has 0 atom stereocenters. The van der Waals surface area contributed by atoms with E-state index in [1.165, 1.54) is 0 Å². The Labute approximate surface area is 124 Å². The summed E-state index contributed by atoms with van der Waals surface area (Å²) in [6.07, 6.45) is 0.946. The van der Waals surface area contributed by atoms with Crippen LogP contribution in [0.25, 0.3) is 0 Å². The smallest absolute Gasteiger partial charge is 0.262 e. The molecule has 0 saturated heterocycles. The molecular formula is C17H19NO3. The zero-order valence-corrected chi connectivity index (χ0v) is 12.0. The predicted octanol–water partition coefficient (Wildman–Crippen LogP) is 3.49. The van der Waals surface area contributed by atoms with Gasteiger partial charge < -0.3 is 14.8 Å². The van der Waals surface area contributed by atoms with Crippen molar-refractivity contribution < 1.29 is 14.3 Å². The highest BCUT2D eigenvalue weighted by molar-refractivity contribution is 5.92. The van der Waals surface area contributed by atoms with E-state index in [1.807, 2.05) is 55.5 Å². The van der Waals surface area contributed by atoms with E-state index in [4.69, 9.17) is 9.47 Å². The third-order valence-electron chi connectivity index (χ3n) is 2.70. The van der Waals surface area contributed by atoms with Gasteiger partial charge in [-0.3, -0.25) is 4.79 Å². The number of nitrogens with one attached hydrogen (secondary N) is 1. The van der Waals surface area contributed by atoms with Gasteiger partial charge in [0.1, 0.15) is 11.5 Å². The monoisotopic (exact) mass is 285 g/mol. The lowest BCUT2D eigenvalue weighted by atomic mass is 10.3. The largest absolute Gasteiger partial charge is 0.494 e. The molecule has 0 aliphatic carbocycles. The van der Waals surface area contributed by atoms with Crippen LogP contribution in [-0.2, 0) is 4.79 Å². The highest BCUT2D eigenvalue weighted by Gasteiger charge is 2.04. The number of rotatable bonds is 7. The molecule has 1 amide bonds. The number of carbonyl (C=O) groups is 1. The molecule has 4 heteroatoms. The average Bonchev–Trinajstić information content (AvgIpc) is 2.52. The van der Waals surface area contributed by atoms with E-state index in [0.717, 1.165) is 12.2 Å². The van der Waals surface area contributed by atoms with Crippen LogP contribution in [0.2, 0.25) is 0 Å². The molecular weight excluding hydrogens is 266 g/mol. The SMILES string of the molecule is CCCOc1cccc(NC(=O)COc2ccccc2)c1. The third-order valence-corrected chi connectivity index (χ3v) is 2.70. The van der Waals surface area contributed by atoms with Gasteiger partial charge in [-0.1, -0.05) is 31.2 Å². The van der Waals surface area contributed by atoms with Gasteiger partial charge >= 0.3 is 0 Å². The fraction of sp³-hybridized carbons (Fsp3) is 0.235. The lowest BCUT2D eigenvalue weighted by Gasteiger charge is -2.09. The summed E-state index contributed by atoms with van der Waals surface area (Å²) in [6, 6.07) is 16.6. The number of carbonyl (C=O) groups excluding carboxylic acids is 1. The van der Waals surface area contributed by atoms with Crippen molar-refractivity contribution in [1.82, 2.24) is 0 Å². The Bertz CT molecular complexity index is 569. The molecule has 0 saturated carbocycles. The maximum atomic E-state index is 11.8. The summed E-state index contributed by atoms with van der Waals surface area (Å²) in [7, 11) is 0. The Morgan fingerprint density at radius 1 is 1.00 bits per heavy atom. The molecule has 110 valence electrons. The highest BCUT2D eigenvalue weighted by Crippen LogP contribution is 2.17. The Kier molecular flexibility index (Phi) is 5.64. The number of hydrogen-bond acceptors (Lipinski definition) is 3. The van der Waals surface area contributed by atoms with E-state index in [2.05, 4.69) is 5.32 Å². The zero-order chi connectivity index (χ0) is 14.9. The molecule has 2 aromatic carbocycles. The maximum absolute atomic E-state index is 11.8. The second-order valence-electron chi connectivity index (χ2n) is 4.53. The van der Waals surface area contributed by atoms with Crippen molar-refractivity contribution in [2.75, 3.05) is 18.5 Å². The molecule has 1 N–H and O–H groups in total. The normalized spacial score (nSPS) is 9.95. The van der Waals surface area contributed by atoms with E-state index in [9.17, 15) is 4.79 Å². The van der Waals surface area contributed by atoms with E-state index < -0.39 is 0 Å². The minimum atomic E-state index is -0.202. The fourth-order valence-electron chi connectivity index (χ4n) is 1.75. The van der Waals surface area contributed by atoms with Crippen LogP contribution in [0.1, 0.15) is 13.3 Å². The molecule has 0 heterocycles. The van der Waals surface area contributed by atoms with Crippen molar-refractivity contribution >= 4 is 11.6 Å². The van der Waals surface area contributed by atoms with Crippen molar-refractivity contribution in [1.29, 1.82) is 0 Å². The van der Waals surface area contributed by atoms with Crippen LogP contribution >= 0.6 is 0 Å². The van der Waals surface area contributed by atoms with Gasteiger partial charge in [-0.15, -0.1) is 0 Å². The summed E-state index contributed by atoms with van der Waals surface area (Å²) >= 11 is 0. The van der Waals surface area contributed by atoms with Crippen molar-refractivity contribution in [3.8, 4) is 11.5 Å². The Morgan fingerprint density at radius 2 is 1.76 bits per heavy atom. The van der Waals surface area contributed by atoms with Gasteiger partial charge in [-0.25, -0.2) is 0 Å². The number of amides is 1. The van der Waals surface area contributed by atoms with Gasteiger partial charge in [0.05, 0.1) is 6.61 Å². The standard InChI is InChI=1S/C17H19NO3/c1-2-11-20-16-10-6-7-14(12-16)18-17(19)13-21-15-8-4-3-5-9-15/h3-10,12H,2,11,13H2,1H3,(H,18,19). The van der Waals surface area contributed by atoms with Gasteiger partial charge in [-0.2, -0.15) is 0 Å². The highest BCUT2D eigenvalue weighted by atomic mass is 16.5. The van der Waals surface area contributed by atoms with Crippen molar-refractivity contribution in [2.24, 2.45) is 0 Å². The van der Waals surface area contributed by atoms with Gasteiger partial charge in [0.2, 0.25) is 0 Å². The Hall–Kier alpha value is -2.49. The first kappa shape index (κ1) is 14.9. The second-order valence-corrected chi connectivity index (χ2v) is 4.53. The number of ether oxygens (including phenoxy) is 2. The van der Waals surface area contributed by atoms with E-state index in [0.29, 0.717) is 18.0 Å². The predicted molar refractivity (Wildman–Crippen MR) is 82.8 cm³/mol. The van der Waals surface area contributed by atoms with E-state index in [1.54, 1.807) is 6.07 Å². The number of para-hydroxylation sites is 1. The van der Waals surface area contributed by atoms with Gasteiger partial charge in [0.15, 0.2) is 6.61 Å². The molecule has 0 aliphatic heterocycles. The lowest BCUT2D eigenvalue weighted by Crippen LogP contribution is -2.20. The first-order chi connectivity index (χ1) is 10.3. The van der Waals surface area contributed by atoms with Gasteiger partial charge in [0, 0.05) is 11.8 Å². The topological polar surface area (TPSA) is 47.6 Å². The molecule has 0 aromatic heterocycles. The van der Waals surface area contributed by atoms with Crippen LogP contribution in [0.15, 0.2) is 54.6 Å². The molecule has 0 fully saturated rings. The van der Waals surface area contributed by atoms with Gasteiger partial charge in [0.25, 0.3) is 5.91 Å². The molecule has 2 aromatic rings. The molecule has 21 heavy (non-hydrogen) atoms. The summed E-state index contributed by atoms with van der Waals surface area (Å²) in [5, 5.41) is 2.79. The molecule has 0 spiro atoms. The third kappa shape index (κ3) is 5.18. The number of anilines is 1. The van der Waals surface area contributed by atoms with Crippen LogP contribution in [0.4, 0.5) is 5.69 Å². The van der Waals surface area contributed by atoms with Crippen LogP contribution in [0.5, 0.6) is 11.5 Å². The quantitative estimate of drug-likeness (QED) is 0.847. The molecule has 4 nitrogen and oxygen atoms in total. The summed E-state index contributed by atoms with van der Waals surface area (Å²) in [6.45, 7) is 2.69. The Balaban J connectivity index is 1.84.